The number of benzene rings is 2. The third-order valence-corrected chi connectivity index (χ3v) is 6.79. The van der Waals surface area contributed by atoms with Crippen molar-refractivity contribution >= 4 is 16.8 Å². The number of carbonyl (C=O) groups excluding carboxylic acids is 1. The fourth-order valence-electron chi connectivity index (χ4n) is 4.44. The Bertz CT molecular complexity index is 1060. The van der Waals surface area contributed by atoms with E-state index in [9.17, 15) is 4.79 Å². The third kappa shape index (κ3) is 3.91. The molecule has 1 aliphatic rings. The van der Waals surface area contributed by atoms with Crippen molar-refractivity contribution < 1.29 is 4.79 Å². The Kier molecular flexibility index (Phi) is 5.40. The molecule has 1 aromatic heterocycles. The van der Waals surface area contributed by atoms with E-state index in [4.69, 9.17) is 4.98 Å². The van der Waals surface area contributed by atoms with Crippen LogP contribution in [0.15, 0.2) is 48.5 Å². The van der Waals surface area contributed by atoms with Gasteiger partial charge in [-0.1, -0.05) is 57.0 Å². The Morgan fingerprint density at radius 3 is 2.59 bits per heavy atom. The number of pyridine rings is 1. The van der Waals surface area contributed by atoms with Crippen molar-refractivity contribution in [1.29, 1.82) is 0 Å². The molecular weight excluding hydrogens is 356 g/mol. The zero-order valence-electron chi connectivity index (χ0n) is 17.8. The summed E-state index contributed by atoms with van der Waals surface area (Å²) in [5.74, 6) is 1.16. The van der Waals surface area contributed by atoms with Crippen LogP contribution in [0.1, 0.15) is 54.6 Å². The van der Waals surface area contributed by atoms with E-state index in [1.165, 1.54) is 24.0 Å². The van der Waals surface area contributed by atoms with Crippen molar-refractivity contribution in [1.82, 2.24) is 10.3 Å². The predicted molar refractivity (Wildman–Crippen MR) is 120 cm³/mol. The van der Waals surface area contributed by atoms with Gasteiger partial charge in [0.05, 0.1) is 16.8 Å². The van der Waals surface area contributed by atoms with Crippen LogP contribution in [0.5, 0.6) is 0 Å². The van der Waals surface area contributed by atoms with Crippen molar-refractivity contribution in [2.45, 2.75) is 53.0 Å². The minimum atomic E-state index is 0.0135. The molecule has 0 unspecified atom stereocenters. The van der Waals surface area contributed by atoms with Crippen LogP contribution >= 0.6 is 0 Å². The average molecular weight is 387 g/mol. The largest absolute Gasteiger partial charge is 0.349 e. The summed E-state index contributed by atoms with van der Waals surface area (Å²) in [4.78, 5) is 18.2. The summed E-state index contributed by atoms with van der Waals surface area (Å²) < 4.78 is 0. The first-order valence-corrected chi connectivity index (χ1v) is 10.7. The first-order valence-electron chi connectivity index (χ1n) is 10.7. The van der Waals surface area contributed by atoms with Gasteiger partial charge in [-0.05, 0) is 61.4 Å². The second-order valence-electron chi connectivity index (χ2n) is 8.72. The molecule has 0 saturated heterocycles. The summed E-state index contributed by atoms with van der Waals surface area (Å²) in [5, 5.41) is 4.25. The molecule has 1 heterocycles. The summed E-state index contributed by atoms with van der Waals surface area (Å²) in [6.07, 6.45) is 3.49. The Morgan fingerprint density at radius 2 is 1.79 bits per heavy atom. The highest BCUT2D eigenvalue weighted by Crippen LogP contribution is 2.31. The quantitative estimate of drug-likeness (QED) is 0.593. The summed E-state index contributed by atoms with van der Waals surface area (Å²) >= 11 is 0. The Labute approximate surface area is 173 Å². The number of hydrogen-bond donors (Lipinski definition) is 1. The van der Waals surface area contributed by atoms with Crippen molar-refractivity contribution in [2.75, 3.05) is 0 Å². The number of nitrogens with one attached hydrogen (secondary N) is 1. The van der Waals surface area contributed by atoms with E-state index in [1.54, 1.807) is 0 Å². The maximum Gasteiger partial charge on any atom is 0.252 e. The van der Waals surface area contributed by atoms with E-state index in [0.717, 1.165) is 28.6 Å². The van der Waals surface area contributed by atoms with Gasteiger partial charge < -0.3 is 5.32 Å². The second kappa shape index (κ2) is 7.98. The summed E-state index contributed by atoms with van der Waals surface area (Å²) in [5.41, 5.74) is 5.96. The number of aromatic nitrogens is 1. The topological polar surface area (TPSA) is 42.0 Å². The molecular formula is C26H30N2O. The first kappa shape index (κ1) is 19.6. The first-order chi connectivity index (χ1) is 13.9. The molecule has 29 heavy (non-hydrogen) atoms. The molecule has 4 rings (SSSR count). The van der Waals surface area contributed by atoms with Gasteiger partial charge in [-0.25, -0.2) is 4.98 Å². The zero-order valence-corrected chi connectivity index (χ0v) is 17.8. The number of para-hydroxylation sites is 1. The maximum absolute atomic E-state index is 13.3. The molecule has 3 atom stereocenters. The van der Waals surface area contributed by atoms with Crippen LogP contribution < -0.4 is 5.32 Å². The van der Waals surface area contributed by atoms with Gasteiger partial charge in [0.1, 0.15) is 0 Å². The van der Waals surface area contributed by atoms with Crippen LogP contribution in [-0.4, -0.2) is 16.9 Å². The lowest BCUT2D eigenvalue weighted by Gasteiger charge is -2.34. The Morgan fingerprint density at radius 1 is 1.00 bits per heavy atom. The molecule has 0 spiro atoms. The highest BCUT2D eigenvalue weighted by Gasteiger charge is 2.29. The number of fused-ring (bicyclic) bond motifs is 1. The second-order valence-corrected chi connectivity index (χ2v) is 8.72. The lowest BCUT2D eigenvalue weighted by Crippen LogP contribution is -2.43. The van der Waals surface area contributed by atoms with E-state index < -0.39 is 0 Å². The molecule has 150 valence electrons. The molecule has 3 nitrogen and oxygen atoms in total. The lowest BCUT2D eigenvalue weighted by atomic mass is 9.78. The van der Waals surface area contributed by atoms with E-state index >= 15 is 0 Å². The Balaban J connectivity index is 1.74. The molecule has 1 fully saturated rings. The van der Waals surface area contributed by atoms with E-state index in [-0.39, 0.29) is 11.9 Å². The summed E-state index contributed by atoms with van der Waals surface area (Å²) in [7, 11) is 0. The van der Waals surface area contributed by atoms with E-state index in [0.29, 0.717) is 17.4 Å². The minimum absolute atomic E-state index is 0.0135. The van der Waals surface area contributed by atoms with Crippen molar-refractivity contribution in [3.8, 4) is 11.3 Å². The molecule has 0 aliphatic heterocycles. The fraction of sp³-hybridized carbons (Fsp3) is 0.385. The Hall–Kier alpha value is -2.68. The molecule has 1 aliphatic carbocycles. The van der Waals surface area contributed by atoms with E-state index in [1.807, 2.05) is 30.3 Å². The van der Waals surface area contributed by atoms with Gasteiger partial charge in [0.2, 0.25) is 0 Å². The van der Waals surface area contributed by atoms with Gasteiger partial charge in [-0.15, -0.1) is 0 Å². The van der Waals surface area contributed by atoms with Gasteiger partial charge in [0.15, 0.2) is 0 Å². The molecule has 0 radical (unpaired) electrons. The van der Waals surface area contributed by atoms with Crippen molar-refractivity contribution in [2.24, 2.45) is 11.8 Å². The monoisotopic (exact) mass is 386 g/mol. The SMILES string of the molecule is Cc1ccc(-c2cc(C(=O)N[C@@H]3CCC[C@@H](C)[C@H]3C)c3ccccc3n2)cc1C. The van der Waals surface area contributed by atoms with Gasteiger partial charge in [0, 0.05) is 17.0 Å². The minimum Gasteiger partial charge on any atom is -0.349 e. The van der Waals surface area contributed by atoms with E-state index in [2.05, 4.69) is 51.2 Å². The van der Waals surface area contributed by atoms with Crippen LogP contribution in [0.25, 0.3) is 22.2 Å². The van der Waals surface area contributed by atoms with Crippen LogP contribution in [-0.2, 0) is 0 Å². The number of hydrogen-bond acceptors (Lipinski definition) is 2. The maximum atomic E-state index is 13.3. The number of carbonyl (C=O) groups is 1. The predicted octanol–water partition coefficient (Wildman–Crippen LogP) is 6.07. The van der Waals surface area contributed by atoms with Gasteiger partial charge in [-0.2, -0.15) is 0 Å². The lowest BCUT2D eigenvalue weighted by molar-refractivity contribution is 0.0892. The van der Waals surface area contributed by atoms with Crippen LogP contribution in [0.2, 0.25) is 0 Å². The van der Waals surface area contributed by atoms with Crippen LogP contribution in [0.3, 0.4) is 0 Å². The number of rotatable bonds is 3. The highest BCUT2D eigenvalue weighted by molar-refractivity contribution is 6.07. The van der Waals surface area contributed by atoms with Crippen molar-refractivity contribution in [3.05, 3.63) is 65.2 Å². The zero-order chi connectivity index (χ0) is 20.5. The molecule has 3 heteroatoms. The number of nitrogens with zero attached hydrogens (tertiary/aromatic N) is 1. The highest BCUT2D eigenvalue weighted by atomic mass is 16.1. The fourth-order valence-corrected chi connectivity index (χ4v) is 4.44. The molecule has 1 amide bonds. The molecule has 3 aromatic rings. The molecule has 0 bridgehead atoms. The van der Waals surface area contributed by atoms with Gasteiger partial charge in [0.25, 0.3) is 5.91 Å². The smallest absolute Gasteiger partial charge is 0.252 e. The molecule has 2 aromatic carbocycles. The number of amides is 1. The molecule has 1 N–H and O–H groups in total. The van der Waals surface area contributed by atoms with Crippen molar-refractivity contribution in [3.63, 3.8) is 0 Å². The van der Waals surface area contributed by atoms with Crippen LogP contribution in [0, 0.1) is 25.7 Å². The number of aryl methyl sites for hydroxylation is 2. The van der Waals surface area contributed by atoms with Gasteiger partial charge in [-0.3, -0.25) is 4.79 Å². The molecule has 1 saturated carbocycles. The normalized spacial score (nSPS) is 21.9. The average Bonchev–Trinajstić information content (AvgIpc) is 2.72. The standard InChI is InChI=1S/C26H30N2O/c1-16-12-13-20(14-18(16)3)25-15-22(21-9-5-6-10-24(21)27-25)26(29)28-23-11-7-8-17(2)19(23)4/h5-6,9-10,12-15,17,19,23H,7-8,11H2,1-4H3,(H,28,29)/t17-,19-,23-/m1/s1. The third-order valence-electron chi connectivity index (χ3n) is 6.79. The summed E-state index contributed by atoms with van der Waals surface area (Å²) in [6, 6.07) is 16.5. The van der Waals surface area contributed by atoms with Crippen LogP contribution in [0.4, 0.5) is 0 Å². The van der Waals surface area contributed by atoms with Gasteiger partial charge >= 0.3 is 0 Å². The summed E-state index contributed by atoms with van der Waals surface area (Å²) in [6.45, 7) is 8.78.